The molecule has 0 aliphatic heterocycles. The molecular weight excluding hydrogens is 250 g/mol. The third-order valence-electron chi connectivity index (χ3n) is 4.25. The highest BCUT2D eigenvalue weighted by molar-refractivity contribution is 6.31. The maximum Gasteiger partial charge on any atom is 0.194 e. The quantitative estimate of drug-likeness (QED) is 0.783. The van der Waals surface area contributed by atoms with Crippen LogP contribution in [0.25, 0.3) is 5.76 Å². The summed E-state index contributed by atoms with van der Waals surface area (Å²) in [5.41, 5.74) is 4.17. The molecule has 0 fully saturated rings. The molecule has 0 amide bonds. The number of hydrogen-bond donors (Lipinski definition) is 1. The summed E-state index contributed by atoms with van der Waals surface area (Å²) in [6, 6.07) is 6.83. The molecule has 0 unspecified atom stereocenters. The van der Waals surface area contributed by atoms with Gasteiger partial charge in [0.15, 0.2) is 5.78 Å². The monoisotopic (exact) mass is 264 g/mol. The van der Waals surface area contributed by atoms with E-state index in [1.54, 1.807) is 24.3 Å². The number of allylic oxidation sites excluding steroid dienone is 5. The number of nitrogens with one attached hydrogen (secondary N) is 1. The lowest BCUT2D eigenvalue weighted by Gasteiger charge is -2.33. The number of carbonyl (C=O) groups excluding carboxylic acids is 1. The lowest BCUT2D eigenvalue weighted by atomic mass is 9.74. The van der Waals surface area contributed by atoms with Crippen molar-refractivity contribution in [1.82, 2.24) is 0 Å². The van der Waals surface area contributed by atoms with Crippen LogP contribution in [0, 0.1) is 5.41 Å². The average molecular weight is 264 g/mol. The summed E-state index contributed by atoms with van der Waals surface area (Å²) in [5.74, 6) is -0.365. The van der Waals surface area contributed by atoms with Crippen molar-refractivity contribution in [2.75, 3.05) is 0 Å². The van der Waals surface area contributed by atoms with Crippen molar-refractivity contribution in [3.8, 4) is 0 Å². The van der Waals surface area contributed by atoms with Crippen molar-refractivity contribution in [1.29, 1.82) is 5.41 Å². The van der Waals surface area contributed by atoms with E-state index in [1.807, 2.05) is 20.8 Å². The minimum atomic E-state index is -0.216. The molecule has 1 N–H and O–H groups in total. The van der Waals surface area contributed by atoms with Gasteiger partial charge in [0.05, 0.1) is 5.71 Å². The molecule has 0 radical (unpaired) electrons. The molecule has 2 aliphatic rings. The molecule has 1 aromatic rings. The maximum atomic E-state index is 12.7. The van der Waals surface area contributed by atoms with Crippen molar-refractivity contribution in [3.63, 3.8) is 0 Å². The molecule has 0 heterocycles. The average Bonchev–Trinajstić information content (AvgIpc) is 2.46. The van der Waals surface area contributed by atoms with E-state index in [0.29, 0.717) is 16.7 Å². The van der Waals surface area contributed by atoms with Crippen LogP contribution in [0.4, 0.5) is 0 Å². The predicted molar refractivity (Wildman–Crippen MR) is 76.5 cm³/mol. The number of Topliss-reactive ketones (excluding diaryl/α,β-unsaturated/α-hetero) is 1. The number of ketones is 1. The van der Waals surface area contributed by atoms with Crippen molar-refractivity contribution < 1.29 is 9.90 Å². The summed E-state index contributed by atoms with van der Waals surface area (Å²) in [7, 11) is 0. The van der Waals surface area contributed by atoms with E-state index in [0.717, 1.165) is 16.7 Å². The topological polar surface area (TPSA) is 64.0 Å². The van der Waals surface area contributed by atoms with Crippen LogP contribution in [0.3, 0.4) is 0 Å². The summed E-state index contributed by atoms with van der Waals surface area (Å²) in [5, 5.41) is 20.8. The smallest absolute Gasteiger partial charge is 0.194 e. The summed E-state index contributed by atoms with van der Waals surface area (Å²) >= 11 is 0. The van der Waals surface area contributed by atoms with Crippen molar-refractivity contribution in [2.24, 2.45) is 0 Å². The van der Waals surface area contributed by atoms with Gasteiger partial charge in [0.1, 0.15) is 0 Å². The van der Waals surface area contributed by atoms with Gasteiger partial charge < -0.3 is 5.11 Å². The van der Waals surface area contributed by atoms with Gasteiger partial charge in [0, 0.05) is 16.7 Å². The summed E-state index contributed by atoms with van der Waals surface area (Å²) in [6.45, 7) is 5.56. The van der Waals surface area contributed by atoms with Crippen molar-refractivity contribution in [3.05, 3.63) is 63.3 Å². The first kappa shape index (κ1) is 12.6. The Bertz CT molecular complexity index is 776. The molecule has 100 valence electrons. The van der Waals surface area contributed by atoms with Crippen molar-refractivity contribution in [2.45, 2.75) is 20.8 Å². The summed E-state index contributed by atoms with van der Waals surface area (Å²) < 4.78 is 0. The molecule has 3 heteroatoms. The van der Waals surface area contributed by atoms with E-state index >= 15 is 0 Å². The molecule has 0 spiro atoms. The zero-order chi connectivity index (χ0) is 14.6. The Morgan fingerprint density at radius 2 is 1.50 bits per heavy atom. The third-order valence-corrected chi connectivity index (χ3v) is 4.25. The van der Waals surface area contributed by atoms with E-state index in [2.05, 4.69) is 0 Å². The third kappa shape index (κ3) is 1.40. The lowest BCUT2D eigenvalue weighted by Crippen LogP contribution is -2.29. The van der Waals surface area contributed by atoms with Crippen LogP contribution in [0.2, 0.25) is 0 Å². The minimum absolute atomic E-state index is 0.149. The second-order valence-electron chi connectivity index (χ2n) is 5.20. The van der Waals surface area contributed by atoms with Crippen molar-refractivity contribution >= 4 is 17.3 Å². The number of rotatable bonds is 0. The fourth-order valence-corrected chi connectivity index (χ4v) is 2.82. The van der Waals surface area contributed by atoms with Gasteiger partial charge in [-0.25, -0.2) is 0 Å². The van der Waals surface area contributed by atoms with Gasteiger partial charge >= 0.3 is 0 Å². The van der Waals surface area contributed by atoms with Crippen LogP contribution >= 0.6 is 0 Å². The first-order valence-corrected chi connectivity index (χ1v) is 6.49. The van der Waals surface area contributed by atoms with Crippen LogP contribution in [0.15, 0.2) is 52.1 Å². The highest BCUT2D eigenvalue weighted by Crippen LogP contribution is 2.40. The molecular formula is C17H14NO2-. The van der Waals surface area contributed by atoms with E-state index in [9.17, 15) is 9.90 Å². The van der Waals surface area contributed by atoms with E-state index in [-0.39, 0.29) is 22.8 Å². The Balaban J connectivity index is 2.44. The van der Waals surface area contributed by atoms with Crippen LogP contribution in [0.1, 0.15) is 36.7 Å². The lowest BCUT2D eigenvalue weighted by molar-refractivity contribution is -0.244. The van der Waals surface area contributed by atoms with Gasteiger partial charge in [0.2, 0.25) is 0 Å². The number of fused-ring (bicyclic) bond motifs is 2. The maximum absolute atomic E-state index is 12.7. The van der Waals surface area contributed by atoms with Gasteiger partial charge in [0.25, 0.3) is 0 Å². The Morgan fingerprint density at radius 3 is 2.15 bits per heavy atom. The number of hydrogen-bond acceptors (Lipinski definition) is 3. The largest absolute Gasteiger partial charge is 0.872 e. The summed E-state index contributed by atoms with van der Waals surface area (Å²) in [4.78, 5) is 12.7. The molecule has 2 aliphatic carbocycles. The zero-order valence-corrected chi connectivity index (χ0v) is 11.6. The van der Waals surface area contributed by atoms with Gasteiger partial charge in [-0.2, -0.15) is 0 Å². The second-order valence-corrected chi connectivity index (χ2v) is 5.20. The molecule has 0 aromatic heterocycles. The Hall–Kier alpha value is -2.42. The fraction of sp³-hybridized carbons (Fsp3) is 0.176. The molecule has 0 saturated heterocycles. The van der Waals surface area contributed by atoms with E-state index in [4.69, 9.17) is 5.41 Å². The molecule has 3 nitrogen and oxygen atoms in total. The zero-order valence-electron chi connectivity index (χ0n) is 11.6. The van der Waals surface area contributed by atoms with Crippen LogP contribution in [0.5, 0.6) is 0 Å². The van der Waals surface area contributed by atoms with Crippen LogP contribution in [-0.4, -0.2) is 11.5 Å². The highest BCUT2D eigenvalue weighted by Gasteiger charge is 2.33. The molecule has 0 bridgehead atoms. The SMILES string of the molecule is CC1=C(C)C(C)=C2C(=O)c3ccccc3C([O-])=C2C1=N. The van der Waals surface area contributed by atoms with Gasteiger partial charge in [-0.1, -0.05) is 30.0 Å². The minimum Gasteiger partial charge on any atom is -0.872 e. The highest BCUT2D eigenvalue weighted by atomic mass is 16.3. The molecule has 20 heavy (non-hydrogen) atoms. The number of benzene rings is 1. The first-order chi connectivity index (χ1) is 9.45. The Labute approximate surface area is 117 Å². The van der Waals surface area contributed by atoms with Crippen LogP contribution in [-0.2, 0) is 0 Å². The summed E-state index contributed by atoms with van der Waals surface area (Å²) in [6.07, 6.45) is 0. The van der Waals surface area contributed by atoms with Gasteiger partial charge in [-0.15, -0.1) is 0 Å². The Morgan fingerprint density at radius 1 is 0.900 bits per heavy atom. The van der Waals surface area contributed by atoms with Gasteiger partial charge in [-0.05, 0) is 43.1 Å². The fourth-order valence-electron chi connectivity index (χ4n) is 2.82. The molecule has 0 saturated carbocycles. The molecule has 3 rings (SSSR count). The standard InChI is InChI=1S/C17H15NO2/c1-8-9(2)13-14(15(18)10(8)3)17(20)12-7-5-4-6-11(12)16(13)19/h4-7,18,20H,1-3H3/p-1. The Kier molecular flexibility index (Phi) is 2.54. The van der Waals surface area contributed by atoms with Gasteiger partial charge in [-0.3, -0.25) is 10.2 Å². The normalized spacial score (nSPS) is 18.6. The van der Waals surface area contributed by atoms with Crippen LogP contribution < -0.4 is 5.11 Å². The second kappa shape index (κ2) is 4.04. The number of carbonyl (C=O) groups is 1. The molecule has 0 atom stereocenters. The first-order valence-electron chi connectivity index (χ1n) is 6.49. The van der Waals surface area contributed by atoms with E-state index in [1.165, 1.54) is 0 Å². The molecule has 1 aromatic carbocycles. The predicted octanol–water partition coefficient (Wildman–Crippen LogP) is 2.64. The van der Waals surface area contributed by atoms with E-state index < -0.39 is 0 Å².